The first-order valence-corrected chi connectivity index (χ1v) is 9.71. The van der Waals surface area contributed by atoms with E-state index in [0.29, 0.717) is 25.9 Å². The normalized spacial score (nSPS) is 17.2. The topological polar surface area (TPSA) is 106 Å². The second-order valence-corrected chi connectivity index (χ2v) is 9.18. The summed E-state index contributed by atoms with van der Waals surface area (Å²) < 4.78 is 47.9. The zero-order valence-corrected chi connectivity index (χ0v) is 14.0. The number of benzene rings is 1. The molecule has 9 heteroatoms. The summed E-state index contributed by atoms with van der Waals surface area (Å²) in [5.74, 6) is 0. The molecular weight excluding hydrogens is 336 g/mol. The molecule has 3 N–H and O–H groups in total. The van der Waals surface area contributed by atoms with Crippen molar-refractivity contribution in [3.63, 3.8) is 0 Å². The van der Waals surface area contributed by atoms with Gasteiger partial charge in [-0.1, -0.05) is 0 Å². The Balaban J connectivity index is 0.00000220. The molecule has 0 unspecified atom stereocenters. The van der Waals surface area contributed by atoms with Crippen LogP contribution in [0.15, 0.2) is 28.0 Å². The molecule has 0 aliphatic carbocycles. The van der Waals surface area contributed by atoms with Gasteiger partial charge in [0.15, 0.2) is 19.7 Å². The number of nitrogens with two attached hydrogens (primary N) is 1. The van der Waals surface area contributed by atoms with Crippen molar-refractivity contribution in [2.45, 2.75) is 27.9 Å². The van der Waals surface area contributed by atoms with E-state index in [4.69, 9.17) is 5.73 Å². The van der Waals surface area contributed by atoms with Gasteiger partial charge in [-0.3, -0.25) is 0 Å². The quantitative estimate of drug-likeness (QED) is 0.771. The van der Waals surface area contributed by atoms with Crippen molar-refractivity contribution < 1.29 is 16.8 Å². The minimum Gasteiger partial charge on any atom is -0.398 e. The number of piperidine rings is 1. The summed E-state index contributed by atoms with van der Waals surface area (Å²) in [5, 5.41) is 2.64. The SMILES string of the molecule is CS(=O)(=O)c1ccc(S(=O)(=O)C2CCNCC2)c(N)c1.Cl. The number of nitrogen functional groups attached to an aromatic ring is 1. The van der Waals surface area contributed by atoms with Gasteiger partial charge in [-0.25, -0.2) is 16.8 Å². The van der Waals surface area contributed by atoms with Crippen molar-refractivity contribution in [2.75, 3.05) is 25.1 Å². The minimum atomic E-state index is -3.51. The molecule has 0 saturated carbocycles. The van der Waals surface area contributed by atoms with E-state index in [-0.39, 0.29) is 27.9 Å². The summed E-state index contributed by atoms with van der Waals surface area (Å²) in [6.07, 6.45) is 2.13. The number of anilines is 1. The molecule has 0 radical (unpaired) electrons. The number of sulfone groups is 2. The summed E-state index contributed by atoms with van der Waals surface area (Å²) in [7, 11) is -6.91. The van der Waals surface area contributed by atoms with Crippen molar-refractivity contribution in [3.8, 4) is 0 Å². The predicted octanol–water partition coefficient (Wildman–Crippen LogP) is 0.620. The van der Waals surface area contributed by atoms with Crippen molar-refractivity contribution in [3.05, 3.63) is 18.2 Å². The molecule has 1 heterocycles. The molecule has 2 rings (SSSR count). The van der Waals surface area contributed by atoms with Crippen LogP contribution < -0.4 is 11.1 Å². The van der Waals surface area contributed by atoms with E-state index >= 15 is 0 Å². The molecule has 0 spiro atoms. The summed E-state index contributed by atoms with van der Waals surface area (Å²) in [4.78, 5) is 0.0519. The van der Waals surface area contributed by atoms with E-state index < -0.39 is 24.9 Å². The first-order valence-electron chi connectivity index (χ1n) is 6.27. The van der Waals surface area contributed by atoms with Gasteiger partial charge in [0.1, 0.15) is 0 Å². The van der Waals surface area contributed by atoms with Gasteiger partial charge in [0.05, 0.1) is 20.7 Å². The van der Waals surface area contributed by atoms with Crippen LogP contribution in [-0.2, 0) is 19.7 Å². The Bertz CT molecular complexity index is 711. The first kappa shape index (κ1) is 18.2. The lowest BCUT2D eigenvalue weighted by Crippen LogP contribution is -2.36. The third kappa shape index (κ3) is 3.88. The fourth-order valence-electron chi connectivity index (χ4n) is 2.30. The number of hydrogen-bond acceptors (Lipinski definition) is 6. The highest BCUT2D eigenvalue weighted by molar-refractivity contribution is 7.92. The Kier molecular flexibility index (Phi) is 5.65. The molecule has 0 atom stereocenters. The molecule has 0 aromatic heterocycles. The van der Waals surface area contributed by atoms with E-state index in [0.717, 1.165) is 6.26 Å². The fourth-order valence-corrected chi connectivity index (χ4v) is 4.82. The Labute approximate surface area is 131 Å². The van der Waals surface area contributed by atoms with Crippen molar-refractivity contribution in [2.24, 2.45) is 0 Å². The van der Waals surface area contributed by atoms with Crippen LogP contribution in [0.5, 0.6) is 0 Å². The van der Waals surface area contributed by atoms with Crippen LogP contribution in [0.25, 0.3) is 0 Å². The molecule has 6 nitrogen and oxygen atoms in total. The highest BCUT2D eigenvalue weighted by Gasteiger charge is 2.30. The zero-order valence-electron chi connectivity index (χ0n) is 11.6. The molecule has 1 aliphatic rings. The van der Waals surface area contributed by atoms with E-state index in [2.05, 4.69) is 5.32 Å². The molecule has 0 bridgehead atoms. The smallest absolute Gasteiger partial charge is 0.183 e. The lowest BCUT2D eigenvalue weighted by Gasteiger charge is -2.23. The van der Waals surface area contributed by atoms with Gasteiger partial charge in [-0.2, -0.15) is 0 Å². The van der Waals surface area contributed by atoms with Crippen LogP contribution in [-0.4, -0.2) is 41.4 Å². The van der Waals surface area contributed by atoms with Crippen molar-refractivity contribution >= 4 is 37.8 Å². The Morgan fingerprint density at radius 1 is 1.14 bits per heavy atom. The number of nitrogens with one attached hydrogen (secondary N) is 1. The lowest BCUT2D eigenvalue weighted by atomic mass is 10.2. The number of halogens is 1. The average molecular weight is 355 g/mol. The largest absolute Gasteiger partial charge is 0.398 e. The molecule has 1 aliphatic heterocycles. The maximum Gasteiger partial charge on any atom is 0.183 e. The van der Waals surface area contributed by atoms with Crippen LogP contribution in [0.3, 0.4) is 0 Å². The Hall–Kier alpha value is -0.830. The second kappa shape index (κ2) is 6.51. The zero-order chi connectivity index (χ0) is 15.0. The third-order valence-electron chi connectivity index (χ3n) is 3.44. The monoisotopic (exact) mass is 354 g/mol. The van der Waals surface area contributed by atoms with E-state index in [9.17, 15) is 16.8 Å². The maximum atomic E-state index is 12.5. The van der Waals surface area contributed by atoms with Gasteiger partial charge in [0, 0.05) is 6.26 Å². The molecule has 0 amide bonds. The summed E-state index contributed by atoms with van der Waals surface area (Å²) in [6.45, 7) is 1.32. The van der Waals surface area contributed by atoms with Crippen molar-refractivity contribution in [1.82, 2.24) is 5.32 Å². The van der Waals surface area contributed by atoms with Gasteiger partial charge in [0.2, 0.25) is 0 Å². The minimum absolute atomic E-state index is 0. The van der Waals surface area contributed by atoms with Crippen molar-refractivity contribution in [1.29, 1.82) is 0 Å². The standard InChI is InChI=1S/C12H18N2O4S2.ClH/c1-19(15,16)10-2-3-12(11(13)8-10)20(17,18)9-4-6-14-7-5-9;/h2-3,8-9,14H,4-7,13H2,1H3;1H. The van der Waals surface area contributed by atoms with Gasteiger partial charge in [-0.15, -0.1) is 12.4 Å². The summed E-state index contributed by atoms with van der Waals surface area (Å²) in [5.41, 5.74) is 5.74. The van der Waals surface area contributed by atoms with Crippen LogP contribution in [0.1, 0.15) is 12.8 Å². The van der Waals surface area contributed by atoms with Gasteiger partial charge in [-0.05, 0) is 44.1 Å². The summed E-state index contributed by atoms with van der Waals surface area (Å²) >= 11 is 0. The lowest BCUT2D eigenvalue weighted by molar-refractivity contribution is 0.496. The first-order chi connectivity index (χ1) is 9.23. The average Bonchev–Trinajstić information content (AvgIpc) is 2.38. The van der Waals surface area contributed by atoms with E-state index in [1.54, 1.807) is 0 Å². The summed E-state index contributed by atoms with van der Waals surface area (Å²) in [6, 6.07) is 3.80. The highest BCUT2D eigenvalue weighted by atomic mass is 35.5. The van der Waals surface area contributed by atoms with Crippen LogP contribution in [0, 0.1) is 0 Å². The number of hydrogen-bond donors (Lipinski definition) is 2. The molecule has 120 valence electrons. The highest BCUT2D eigenvalue weighted by Crippen LogP contribution is 2.28. The van der Waals surface area contributed by atoms with Gasteiger partial charge in [0.25, 0.3) is 0 Å². The van der Waals surface area contributed by atoms with Crippen LogP contribution in [0.4, 0.5) is 5.69 Å². The van der Waals surface area contributed by atoms with Crippen LogP contribution in [0.2, 0.25) is 0 Å². The predicted molar refractivity (Wildman–Crippen MR) is 84.3 cm³/mol. The Morgan fingerprint density at radius 3 is 2.19 bits per heavy atom. The van der Waals surface area contributed by atoms with Gasteiger partial charge < -0.3 is 11.1 Å². The van der Waals surface area contributed by atoms with Crippen LogP contribution >= 0.6 is 12.4 Å². The molecule has 1 aromatic rings. The molecule has 1 fully saturated rings. The second-order valence-electron chi connectivity index (χ2n) is 4.97. The number of rotatable bonds is 3. The fraction of sp³-hybridized carbons (Fsp3) is 0.500. The molecule has 1 saturated heterocycles. The molecule has 1 aromatic carbocycles. The van der Waals surface area contributed by atoms with E-state index in [1.807, 2.05) is 0 Å². The molecular formula is C12H19ClN2O4S2. The third-order valence-corrected chi connectivity index (χ3v) is 6.89. The van der Waals surface area contributed by atoms with Gasteiger partial charge >= 0.3 is 0 Å². The van der Waals surface area contributed by atoms with E-state index in [1.165, 1.54) is 18.2 Å². The molecule has 21 heavy (non-hydrogen) atoms. The Morgan fingerprint density at radius 2 is 1.71 bits per heavy atom. The maximum absolute atomic E-state index is 12.5.